The summed E-state index contributed by atoms with van der Waals surface area (Å²) in [6.07, 6.45) is 1.85. The predicted octanol–water partition coefficient (Wildman–Crippen LogP) is 2.70. The average Bonchev–Trinajstić information content (AvgIpc) is 2.84. The molecular weight excluding hydrogens is 278 g/mol. The second kappa shape index (κ2) is 6.26. The third-order valence-electron chi connectivity index (χ3n) is 3.34. The largest absolute Gasteiger partial charge is 0.489 e. The van der Waals surface area contributed by atoms with Crippen LogP contribution in [0.3, 0.4) is 0 Å². The van der Waals surface area contributed by atoms with Crippen molar-refractivity contribution in [1.82, 2.24) is 5.32 Å². The highest BCUT2D eigenvalue weighted by atomic mass is 16.5. The van der Waals surface area contributed by atoms with Crippen LogP contribution in [0.15, 0.2) is 60.2 Å². The molecule has 0 bridgehead atoms. The van der Waals surface area contributed by atoms with Gasteiger partial charge in [0.25, 0.3) is 5.91 Å². The molecular formula is C18H15NO3. The predicted molar refractivity (Wildman–Crippen MR) is 83.0 cm³/mol. The average molecular weight is 293 g/mol. The first-order valence-corrected chi connectivity index (χ1v) is 7.02. The molecule has 110 valence electrons. The molecule has 4 heteroatoms. The molecule has 1 aliphatic heterocycles. The van der Waals surface area contributed by atoms with Crippen LogP contribution >= 0.6 is 0 Å². The minimum absolute atomic E-state index is 0.133. The van der Waals surface area contributed by atoms with Gasteiger partial charge in [-0.1, -0.05) is 42.5 Å². The van der Waals surface area contributed by atoms with Crippen molar-refractivity contribution in [2.45, 2.75) is 13.0 Å². The smallest absolute Gasteiger partial charge is 0.254 e. The summed E-state index contributed by atoms with van der Waals surface area (Å²) in [4.78, 5) is 22.7. The Hall–Kier alpha value is -2.88. The molecule has 4 nitrogen and oxygen atoms in total. The number of hydrogen-bond acceptors (Lipinski definition) is 3. The van der Waals surface area contributed by atoms with Crippen LogP contribution in [0.25, 0.3) is 6.08 Å². The van der Waals surface area contributed by atoms with Crippen LogP contribution in [0, 0.1) is 0 Å². The number of carbonyl (C=O) groups excluding carboxylic acids is 2. The van der Waals surface area contributed by atoms with Crippen molar-refractivity contribution in [3.8, 4) is 5.75 Å². The van der Waals surface area contributed by atoms with Gasteiger partial charge in [-0.15, -0.1) is 0 Å². The Morgan fingerprint density at radius 2 is 1.86 bits per heavy atom. The summed E-state index contributed by atoms with van der Waals surface area (Å²) < 4.78 is 5.75. The van der Waals surface area contributed by atoms with Crippen molar-refractivity contribution in [2.75, 3.05) is 0 Å². The lowest BCUT2D eigenvalue weighted by Crippen LogP contribution is -2.19. The van der Waals surface area contributed by atoms with Gasteiger partial charge in [-0.3, -0.25) is 14.9 Å². The third-order valence-corrected chi connectivity index (χ3v) is 3.34. The van der Waals surface area contributed by atoms with Gasteiger partial charge in [0.15, 0.2) is 0 Å². The minimum atomic E-state index is -0.319. The summed E-state index contributed by atoms with van der Waals surface area (Å²) in [5.74, 6) is 0.149. The fourth-order valence-corrected chi connectivity index (χ4v) is 2.26. The number of benzene rings is 2. The summed E-state index contributed by atoms with van der Waals surface area (Å²) in [5.41, 5.74) is 2.41. The van der Waals surface area contributed by atoms with Crippen LogP contribution in [0.4, 0.5) is 0 Å². The summed E-state index contributed by atoms with van der Waals surface area (Å²) in [6, 6.07) is 17.4. The van der Waals surface area contributed by atoms with E-state index in [4.69, 9.17) is 4.74 Å². The third kappa shape index (κ3) is 3.41. The van der Waals surface area contributed by atoms with Crippen LogP contribution in [-0.4, -0.2) is 11.8 Å². The molecule has 22 heavy (non-hydrogen) atoms. The van der Waals surface area contributed by atoms with E-state index >= 15 is 0 Å². The van der Waals surface area contributed by atoms with E-state index in [0.29, 0.717) is 12.2 Å². The summed E-state index contributed by atoms with van der Waals surface area (Å²) in [6.45, 7) is 0.486. The van der Waals surface area contributed by atoms with E-state index in [1.54, 1.807) is 6.08 Å². The molecule has 3 rings (SSSR count). The number of ether oxygens (including phenoxy) is 1. The van der Waals surface area contributed by atoms with Gasteiger partial charge in [-0.25, -0.2) is 0 Å². The van der Waals surface area contributed by atoms with Crippen molar-refractivity contribution in [1.29, 1.82) is 0 Å². The first-order valence-electron chi connectivity index (χ1n) is 7.02. The highest BCUT2D eigenvalue weighted by Gasteiger charge is 2.23. The maximum Gasteiger partial charge on any atom is 0.254 e. The van der Waals surface area contributed by atoms with E-state index in [0.717, 1.165) is 16.9 Å². The summed E-state index contributed by atoms with van der Waals surface area (Å²) in [7, 11) is 0. The zero-order valence-electron chi connectivity index (χ0n) is 11.9. The van der Waals surface area contributed by atoms with Crippen molar-refractivity contribution < 1.29 is 14.3 Å². The molecule has 1 fully saturated rings. The van der Waals surface area contributed by atoms with E-state index < -0.39 is 0 Å². The Kier molecular flexibility index (Phi) is 4.01. The molecule has 2 aromatic carbocycles. The maximum absolute atomic E-state index is 11.6. The highest BCUT2D eigenvalue weighted by molar-refractivity contribution is 6.15. The quantitative estimate of drug-likeness (QED) is 0.696. The lowest BCUT2D eigenvalue weighted by atomic mass is 10.1. The topological polar surface area (TPSA) is 55.4 Å². The molecule has 0 aliphatic carbocycles. The number of rotatable bonds is 4. The minimum Gasteiger partial charge on any atom is -0.489 e. The van der Waals surface area contributed by atoms with Gasteiger partial charge in [0, 0.05) is 5.57 Å². The second-order valence-corrected chi connectivity index (χ2v) is 5.07. The zero-order valence-corrected chi connectivity index (χ0v) is 11.9. The molecule has 1 aliphatic rings. The van der Waals surface area contributed by atoms with Gasteiger partial charge in [0.1, 0.15) is 12.4 Å². The van der Waals surface area contributed by atoms with Crippen LogP contribution in [0.1, 0.15) is 17.5 Å². The number of hydrogen-bond donors (Lipinski definition) is 1. The molecule has 2 aromatic rings. The van der Waals surface area contributed by atoms with Crippen LogP contribution in [0.5, 0.6) is 5.75 Å². The first-order chi connectivity index (χ1) is 10.7. The molecule has 0 atom stereocenters. The van der Waals surface area contributed by atoms with Gasteiger partial charge >= 0.3 is 0 Å². The highest BCUT2D eigenvalue weighted by Crippen LogP contribution is 2.19. The zero-order chi connectivity index (χ0) is 15.4. The van der Waals surface area contributed by atoms with Crippen LogP contribution < -0.4 is 10.1 Å². The van der Waals surface area contributed by atoms with E-state index in [9.17, 15) is 9.59 Å². The van der Waals surface area contributed by atoms with E-state index in [1.807, 2.05) is 54.6 Å². The standard InChI is InChI=1S/C18H15NO3/c20-17-11-15(18(21)19-17)9-14-7-4-8-16(10-14)22-12-13-5-2-1-3-6-13/h1-10H,11-12H2,(H,19,20,21)/b15-9-. The SMILES string of the molecule is O=C1C/C(=C/c2cccc(OCc3ccccc3)c2)C(=O)N1. The Morgan fingerprint density at radius 3 is 2.59 bits per heavy atom. The lowest BCUT2D eigenvalue weighted by Gasteiger charge is -2.07. The van der Waals surface area contributed by atoms with Crippen molar-refractivity contribution in [3.05, 3.63) is 71.3 Å². The lowest BCUT2D eigenvalue weighted by molar-refractivity contribution is -0.124. The first kappa shape index (κ1) is 14.1. The Balaban J connectivity index is 1.71. The van der Waals surface area contributed by atoms with E-state index in [2.05, 4.69) is 5.32 Å². The molecule has 0 saturated carbocycles. The molecule has 2 amide bonds. The monoisotopic (exact) mass is 293 g/mol. The fraction of sp³-hybridized carbons (Fsp3) is 0.111. The van der Waals surface area contributed by atoms with Crippen molar-refractivity contribution in [2.24, 2.45) is 0 Å². The van der Waals surface area contributed by atoms with Gasteiger partial charge in [-0.05, 0) is 29.3 Å². The normalized spacial score (nSPS) is 15.9. The van der Waals surface area contributed by atoms with Gasteiger partial charge in [0.05, 0.1) is 6.42 Å². The number of carbonyl (C=O) groups is 2. The molecule has 1 heterocycles. The molecule has 1 saturated heterocycles. The van der Waals surface area contributed by atoms with Gasteiger partial charge in [-0.2, -0.15) is 0 Å². The molecule has 0 radical (unpaired) electrons. The van der Waals surface area contributed by atoms with Gasteiger partial charge in [0.2, 0.25) is 5.91 Å². The molecule has 1 N–H and O–H groups in total. The summed E-state index contributed by atoms with van der Waals surface area (Å²) in [5, 5.41) is 2.27. The number of amides is 2. The second-order valence-electron chi connectivity index (χ2n) is 5.07. The molecule has 0 spiro atoms. The molecule has 0 aromatic heterocycles. The number of nitrogens with one attached hydrogen (secondary N) is 1. The van der Waals surface area contributed by atoms with E-state index in [-0.39, 0.29) is 18.2 Å². The molecule has 0 unspecified atom stereocenters. The van der Waals surface area contributed by atoms with Crippen LogP contribution in [-0.2, 0) is 16.2 Å². The Bertz CT molecular complexity index is 735. The Morgan fingerprint density at radius 1 is 1.05 bits per heavy atom. The number of imide groups is 1. The summed E-state index contributed by atoms with van der Waals surface area (Å²) >= 11 is 0. The van der Waals surface area contributed by atoms with Gasteiger partial charge < -0.3 is 4.74 Å². The van der Waals surface area contributed by atoms with Crippen LogP contribution in [0.2, 0.25) is 0 Å². The maximum atomic E-state index is 11.6. The van der Waals surface area contributed by atoms with E-state index in [1.165, 1.54) is 0 Å². The van der Waals surface area contributed by atoms with Crippen molar-refractivity contribution >= 4 is 17.9 Å². The fourth-order valence-electron chi connectivity index (χ4n) is 2.26. The Labute approximate surface area is 128 Å². The van der Waals surface area contributed by atoms with Crippen molar-refractivity contribution in [3.63, 3.8) is 0 Å².